The normalized spacial score (nSPS) is 11.0. The zero-order valence-corrected chi connectivity index (χ0v) is 13.0. The Morgan fingerprint density at radius 2 is 2.00 bits per heavy atom. The summed E-state index contributed by atoms with van der Waals surface area (Å²) in [5.41, 5.74) is 5.90. The molecule has 0 bridgehead atoms. The molecule has 7 nitrogen and oxygen atoms in total. The quantitative estimate of drug-likeness (QED) is 0.554. The number of hydrazine groups is 1. The Labute approximate surface area is 124 Å². The summed E-state index contributed by atoms with van der Waals surface area (Å²) in [6, 6.07) is 0. The second-order valence-corrected chi connectivity index (χ2v) is 5.27. The van der Waals surface area contributed by atoms with Gasteiger partial charge in [0, 0.05) is 30.9 Å². The molecule has 0 saturated carbocycles. The van der Waals surface area contributed by atoms with Crippen molar-refractivity contribution in [1.82, 2.24) is 19.7 Å². The van der Waals surface area contributed by atoms with E-state index in [2.05, 4.69) is 46.6 Å². The number of nitrogens with one attached hydrogen (secondary N) is 2. The van der Waals surface area contributed by atoms with Crippen LogP contribution in [0.2, 0.25) is 0 Å². The van der Waals surface area contributed by atoms with Crippen molar-refractivity contribution in [3.05, 3.63) is 29.3 Å². The van der Waals surface area contributed by atoms with Crippen LogP contribution in [0.25, 0.3) is 0 Å². The largest absolute Gasteiger partial charge is 0.365 e. The predicted octanol–water partition coefficient (Wildman–Crippen LogP) is 1.79. The molecule has 0 aliphatic carbocycles. The molecule has 0 aromatic carbocycles. The summed E-state index contributed by atoms with van der Waals surface area (Å²) in [4.78, 5) is 8.51. The first-order valence-corrected chi connectivity index (χ1v) is 7.13. The van der Waals surface area contributed by atoms with Gasteiger partial charge >= 0.3 is 0 Å². The number of aryl methyl sites for hydroxylation is 2. The summed E-state index contributed by atoms with van der Waals surface area (Å²) < 4.78 is 1.84. The van der Waals surface area contributed by atoms with Crippen LogP contribution in [0.4, 0.5) is 11.6 Å². The monoisotopic (exact) mass is 289 g/mol. The van der Waals surface area contributed by atoms with Gasteiger partial charge in [-0.05, 0) is 12.3 Å². The van der Waals surface area contributed by atoms with E-state index in [1.54, 1.807) is 0 Å². The molecule has 0 radical (unpaired) electrons. The van der Waals surface area contributed by atoms with Gasteiger partial charge in [-0.1, -0.05) is 20.8 Å². The third-order valence-electron chi connectivity index (χ3n) is 3.37. The van der Waals surface area contributed by atoms with Crippen molar-refractivity contribution in [2.75, 3.05) is 10.7 Å². The van der Waals surface area contributed by atoms with Crippen LogP contribution in [0, 0.1) is 0 Å². The van der Waals surface area contributed by atoms with Gasteiger partial charge in [0.15, 0.2) is 0 Å². The number of aromatic nitrogens is 4. The molecule has 0 fully saturated rings. The first-order chi connectivity index (χ1) is 10.1. The Bertz CT molecular complexity index is 603. The SMILES string of the molecule is CCc1nn(C)cc1CNc1ncnc(NN)c1C(C)C. The van der Waals surface area contributed by atoms with Crippen LogP contribution in [0.1, 0.15) is 43.5 Å². The molecule has 0 atom stereocenters. The summed E-state index contributed by atoms with van der Waals surface area (Å²) in [6.07, 6.45) is 4.45. The third-order valence-corrected chi connectivity index (χ3v) is 3.37. The average Bonchev–Trinajstić information content (AvgIpc) is 2.84. The topological polar surface area (TPSA) is 93.7 Å². The summed E-state index contributed by atoms with van der Waals surface area (Å²) in [5.74, 6) is 7.26. The highest BCUT2D eigenvalue weighted by molar-refractivity contribution is 5.58. The molecule has 2 rings (SSSR count). The zero-order chi connectivity index (χ0) is 15.4. The minimum absolute atomic E-state index is 0.263. The van der Waals surface area contributed by atoms with E-state index in [1.807, 2.05) is 17.9 Å². The molecule has 0 amide bonds. The van der Waals surface area contributed by atoms with Crippen molar-refractivity contribution in [3.63, 3.8) is 0 Å². The number of nitrogens with two attached hydrogens (primary N) is 1. The number of hydrogen-bond donors (Lipinski definition) is 3. The molecule has 0 aliphatic rings. The Balaban J connectivity index is 2.23. The standard InChI is InChI=1S/C14H23N7/c1-5-11-10(7-21(4)20-11)6-16-13-12(9(2)3)14(19-15)18-8-17-13/h7-9H,5-6,15H2,1-4H3,(H2,16,17,18,19). The van der Waals surface area contributed by atoms with Gasteiger partial charge in [0.05, 0.1) is 5.69 Å². The smallest absolute Gasteiger partial charge is 0.148 e. The molecular formula is C14H23N7. The second-order valence-electron chi connectivity index (χ2n) is 5.27. The Morgan fingerprint density at radius 3 is 2.62 bits per heavy atom. The minimum Gasteiger partial charge on any atom is -0.365 e. The van der Waals surface area contributed by atoms with Gasteiger partial charge < -0.3 is 10.7 Å². The van der Waals surface area contributed by atoms with Gasteiger partial charge in [0.1, 0.15) is 18.0 Å². The first kappa shape index (κ1) is 15.2. The van der Waals surface area contributed by atoms with Crippen molar-refractivity contribution in [3.8, 4) is 0 Å². The maximum atomic E-state index is 5.53. The fourth-order valence-corrected chi connectivity index (χ4v) is 2.41. The lowest BCUT2D eigenvalue weighted by molar-refractivity contribution is 0.746. The van der Waals surface area contributed by atoms with Gasteiger partial charge in [0.2, 0.25) is 0 Å². The number of rotatable bonds is 6. The molecule has 0 unspecified atom stereocenters. The van der Waals surface area contributed by atoms with E-state index in [1.165, 1.54) is 11.9 Å². The maximum Gasteiger partial charge on any atom is 0.148 e. The van der Waals surface area contributed by atoms with Crippen LogP contribution in [-0.4, -0.2) is 19.7 Å². The van der Waals surface area contributed by atoms with Crippen LogP contribution < -0.4 is 16.6 Å². The Kier molecular flexibility index (Phi) is 4.74. The fourth-order valence-electron chi connectivity index (χ4n) is 2.41. The lowest BCUT2D eigenvalue weighted by atomic mass is 10.0. The number of nitrogen functional groups attached to an aromatic ring is 1. The summed E-state index contributed by atoms with van der Waals surface area (Å²) in [7, 11) is 1.93. The van der Waals surface area contributed by atoms with Crippen molar-refractivity contribution in [1.29, 1.82) is 0 Å². The predicted molar refractivity (Wildman–Crippen MR) is 83.8 cm³/mol. The molecule has 21 heavy (non-hydrogen) atoms. The highest BCUT2D eigenvalue weighted by atomic mass is 15.3. The molecule has 0 spiro atoms. The van der Waals surface area contributed by atoms with E-state index in [-0.39, 0.29) is 5.92 Å². The summed E-state index contributed by atoms with van der Waals surface area (Å²) in [6.45, 7) is 6.96. The fraction of sp³-hybridized carbons (Fsp3) is 0.500. The molecule has 0 aliphatic heterocycles. The van der Waals surface area contributed by atoms with E-state index in [0.717, 1.165) is 23.5 Å². The van der Waals surface area contributed by atoms with Crippen molar-refractivity contribution < 1.29 is 0 Å². The number of nitrogens with zero attached hydrogens (tertiary/aromatic N) is 4. The lowest BCUT2D eigenvalue weighted by Crippen LogP contribution is -2.15. The zero-order valence-electron chi connectivity index (χ0n) is 13.0. The van der Waals surface area contributed by atoms with E-state index in [0.29, 0.717) is 12.4 Å². The molecule has 2 aromatic heterocycles. The molecule has 0 saturated heterocycles. The minimum atomic E-state index is 0.263. The number of anilines is 2. The van der Waals surface area contributed by atoms with Gasteiger partial charge in [-0.25, -0.2) is 15.8 Å². The average molecular weight is 289 g/mol. The van der Waals surface area contributed by atoms with E-state index >= 15 is 0 Å². The van der Waals surface area contributed by atoms with E-state index in [9.17, 15) is 0 Å². The lowest BCUT2D eigenvalue weighted by Gasteiger charge is -2.16. The van der Waals surface area contributed by atoms with Gasteiger partial charge in [-0.3, -0.25) is 4.68 Å². The second kappa shape index (κ2) is 6.53. The van der Waals surface area contributed by atoms with Gasteiger partial charge in [0.25, 0.3) is 0 Å². The number of hydrogen-bond acceptors (Lipinski definition) is 6. The van der Waals surface area contributed by atoms with Gasteiger partial charge in [-0.2, -0.15) is 5.10 Å². The maximum absolute atomic E-state index is 5.53. The van der Waals surface area contributed by atoms with E-state index in [4.69, 9.17) is 5.84 Å². The highest BCUT2D eigenvalue weighted by Gasteiger charge is 2.15. The molecular weight excluding hydrogens is 266 g/mol. The molecule has 4 N–H and O–H groups in total. The Hall–Kier alpha value is -2.15. The first-order valence-electron chi connectivity index (χ1n) is 7.13. The third kappa shape index (κ3) is 3.30. The summed E-state index contributed by atoms with van der Waals surface area (Å²) >= 11 is 0. The van der Waals surface area contributed by atoms with Crippen LogP contribution in [0.3, 0.4) is 0 Å². The molecule has 7 heteroatoms. The van der Waals surface area contributed by atoms with Crippen molar-refractivity contribution in [2.24, 2.45) is 12.9 Å². The highest BCUT2D eigenvalue weighted by Crippen LogP contribution is 2.28. The van der Waals surface area contributed by atoms with Crippen LogP contribution in [-0.2, 0) is 20.0 Å². The molecule has 2 heterocycles. The Morgan fingerprint density at radius 1 is 1.29 bits per heavy atom. The molecule has 2 aromatic rings. The van der Waals surface area contributed by atoms with Gasteiger partial charge in [-0.15, -0.1) is 0 Å². The summed E-state index contributed by atoms with van der Waals surface area (Å²) in [5, 5.41) is 7.82. The van der Waals surface area contributed by atoms with E-state index < -0.39 is 0 Å². The van der Waals surface area contributed by atoms with Crippen molar-refractivity contribution in [2.45, 2.75) is 39.7 Å². The van der Waals surface area contributed by atoms with Crippen LogP contribution in [0.15, 0.2) is 12.5 Å². The van der Waals surface area contributed by atoms with Crippen molar-refractivity contribution >= 4 is 11.6 Å². The van der Waals surface area contributed by atoms with Crippen LogP contribution >= 0.6 is 0 Å². The molecule has 114 valence electrons. The van der Waals surface area contributed by atoms with Crippen LogP contribution in [0.5, 0.6) is 0 Å².